The van der Waals surface area contributed by atoms with Gasteiger partial charge in [-0.05, 0) is 58.1 Å². The Balaban J connectivity index is 0.000000465. The van der Waals surface area contributed by atoms with Gasteiger partial charge in [-0.1, -0.05) is 13.5 Å². The van der Waals surface area contributed by atoms with E-state index in [9.17, 15) is 8.42 Å². The molecule has 1 aromatic rings. The largest absolute Gasteiger partial charge is 0.326 e. The van der Waals surface area contributed by atoms with Gasteiger partial charge in [0.15, 0.2) is 0 Å². The maximum absolute atomic E-state index is 10.9. The Kier molecular flexibility index (Phi) is 10.4. The smallest absolute Gasteiger partial charge is 0.208 e. The molecule has 1 aliphatic rings. The Labute approximate surface area is 154 Å². The third kappa shape index (κ3) is 9.30. The van der Waals surface area contributed by atoms with Crippen LogP contribution in [0.2, 0.25) is 0 Å². The number of nitrogens with two attached hydrogens (primary N) is 1. The van der Waals surface area contributed by atoms with Gasteiger partial charge >= 0.3 is 0 Å². The van der Waals surface area contributed by atoms with Crippen molar-refractivity contribution in [1.29, 1.82) is 0 Å². The first kappa shape index (κ1) is 24.0. The lowest BCUT2D eigenvalue weighted by Gasteiger charge is -2.34. The molecule has 0 spiro atoms. The Morgan fingerprint density at radius 3 is 2.40 bits per heavy atom. The molecule has 0 bridgehead atoms. The summed E-state index contributed by atoms with van der Waals surface area (Å²) < 4.78 is 24.4. The van der Waals surface area contributed by atoms with Gasteiger partial charge in [-0.15, -0.1) is 0 Å². The normalized spacial score (nSPS) is 23.2. The summed E-state index contributed by atoms with van der Waals surface area (Å²) in [5, 5.41) is 3.43. The van der Waals surface area contributed by atoms with Crippen LogP contribution in [-0.2, 0) is 16.6 Å². The van der Waals surface area contributed by atoms with E-state index in [1.54, 1.807) is 0 Å². The van der Waals surface area contributed by atoms with Crippen LogP contribution in [-0.4, -0.2) is 38.3 Å². The van der Waals surface area contributed by atoms with Crippen LogP contribution in [0.4, 0.5) is 0 Å². The highest BCUT2D eigenvalue weighted by Crippen LogP contribution is 2.18. The van der Waals surface area contributed by atoms with Gasteiger partial charge in [-0.25, -0.2) is 13.1 Å². The summed E-state index contributed by atoms with van der Waals surface area (Å²) in [6.07, 6.45) is 3.43. The average molecular weight is 373 g/mol. The molecule has 1 fully saturated rings. The summed E-state index contributed by atoms with van der Waals surface area (Å²) in [5.41, 5.74) is 8.69. The van der Waals surface area contributed by atoms with Crippen molar-refractivity contribution in [2.24, 2.45) is 11.7 Å². The number of aromatic nitrogens is 1. The predicted molar refractivity (Wildman–Crippen MR) is 106 cm³/mol. The summed E-state index contributed by atoms with van der Waals surface area (Å²) >= 11 is 0. The highest BCUT2D eigenvalue weighted by molar-refractivity contribution is 7.88. The zero-order chi connectivity index (χ0) is 18.3. The van der Waals surface area contributed by atoms with Crippen LogP contribution in [0.5, 0.6) is 0 Å². The van der Waals surface area contributed by atoms with Crippen LogP contribution < -0.4 is 15.8 Å². The van der Waals surface area contributed by atoms with E-state index < -0.39 is 10.0 Å². The fourth-order valence-electron chi connectivity index (χ4n) is 2.85. The summed E-state index contributed by atoms with van der Waals surface area (Å²) in [5.74, 6) is 0.418. The number of nitrogens with zero attached hydrogens (tertiary/aromatic N) is 1. The van der Waals surface area contributed by atoms with Gasteiger partial charge in [0, 0.05) is 36.6 Å². The molecule has 0 saturated carbocycles. The number of rotatable bonds is 4. The Hall–Kier alpha value is -1.02. The molecule has 25 heavy (non-hydrogen) atoms. The Morgan fingerprint density at radius 1 is 1.28 bits per heavy atom. The van der Waals surface area contributed by atoms with E-state index in [-0.39, 0.29) is 7.43 Å². The molecule has 0 aliphatic carbocycles. The van der Waals surface area contributed by atoms with Crippen LogP contribution >= 0.6 is 0 Å². The molecule has 0 aromatic carbocycles. The van der Waals surface area contributed by atoms with E-state index in [2.05, 4.69) is 28.9 Å². The molecule has 0 radical (unpaired) electrons. The Morgan fingerprint density at radius 2 is 1.92 bits per heavy atom. The molecule has 1 aliphatic heterocycles. The van der Waals surface area contributed by atoms with Crippen LogP contribution in [0, 0.1) is 19.8 Å². The number of nitrogens with one attached hydrogen (secondary N) is 2. The third-order valence-electron chi connectivity index (χ3n) is 4.39. The quantitative estimate of drug-likeness (QED) is 0.752. The van der Waals surface area contributed by atoms with Crippen LogP contribution in [0.1, 0.15) is 51.1 Å². The molecule has 4 N–H and O–H groups in total. The van der Waals surface area contributed by atoms with Crippen LogP contribution in [0.3, 0.4) is 0 Å². The van der Waals surface area contributed by atoms with Gasteiger partial charge in [0.25, 0.3) is 0 Å². The van der Waals surface area contributed by atoms with Crippen molar-refractivity contribution in [3.05, 3.63) is 29.1 Å². The standard InChI is InChI=1S/C9H20N2O2S.C8H12N2.CH4/c1-7-4-5-9(8(2)11-7)6-10-14(3,12)13;1-6-3-4-8(5-9)7(2)10-6;/h7-11H,4-6H2,1-3H3;3-4H,5,9H2,1-2H3;1H4. The minimum Gasteiger partial charge on any atom is -0.326 e. The van der Waals surface area contributed by atoms with Crippen molar-refractivity contribution in [2.75, 3.05) is 12.8 Å². The molecule has 0 amide bonds. The van der Waals surface area contributed by atoms with E-state index in [1.807, 2.05) is 26.0 Å². The zero-order valence-electron chi connectivity index (χ0n) is 15.5. The number of pyridine rings is 1. The Bertz CT molecular complexity index is 620. The predicted octanol–water partition coefficient (Wildman–Crippen LogP) is 2.11. The fourth-order valence-corrected chi connectivity index (χ4v) is 3.37. The second kappa shape index (κ2) is 10.9. The topological polar surface area (TPSA) is 97.1 Å². The lowest BCUT2D eigenvalue weighted by Crippen LogP contribution is -2.48. The zero-order valence-corrected chi connectivity index (χ0v) is 16.3. The first-order valence-electron chi connectivity index (χ1n) is 8.46. The first-order valence-corrected chi connectivity index (χ1v) is 10.4. The summed E-state index contributed by atoms with van der Waals surface area (Å²) in [6, 6.07) is 4.96. The molecule has 146 valence electrons. The third-order valence-corrected chi connectivity index (χ3v) is 5.08. The maximum atomic E-state index is 10.9. The SMILES string of the molecule is C.CC1CCC(CNS(C)(=O)=O)C(C)N1.Cc1ccc(CN)c(C)n1. The van der Waals surface area contributed by atoms with E-state index >= 15 is 0 Å². The summed E-state index contributed by atoms with van der Waals surface area (Å²) in [6.45, 7) is 9.38. The van der Waals surface area contributed by atoms with Gasteiger partial charge in [0.2, 0.25) is 10.0 Å². The van der Waals surface area contributed by atoms with Crippen molar-refractivity contribution < 1.29 is 8.42 Å². The minimum atomic E-state index is -3.04. The molecular formula is C18H36N4O2S. The first-order chi connectivity index (χ1) is 11.1. The molecule has 1 saturated heterocycles. The molecule has 2 rings (SSSR count). The van der Waals surface area contributed by atoms with E-state index in [4.69, 9.17) is 5.73 Å². The van der Waals surface area contributed by atoms with Crippen molar-refractivity contribution in [1.82, 2.24) is 15.0 Å². The van der Waals surface area contributed by atoms with Crippen molar-refractivity contribution in [2.45, 2.75) is 66.6 Å². The van der Waals surface area contributed by atoms with E-state index in [1.165, 1.54) is 6.26 Å². The number of hydrogen-bond donors (Lipinski definition) is 3. The molecule has 6 nitrogen and oxygen atoms in total. The lowest BCUT2D eigenvalue weighted by molar-refractivity contribution is 0.254. The van der Waals surface area contributed by atoms with Gasteiger partial charge in [0.1, 0.15) is 0 Å². The van der Waals surface area contributed by atoms with Gasteiger partial charge in [-0.2, -0.15) is 0 Å². The second-order valence-electron chi connectivity index (χ2n) is 6.72. The van der Waals surface area contributed by atoms with Crippen molar-refractivity contribution >= 4 is 10.0 Å². The lowest BCUT2D eigenvalue weighted by atomic mass is 9.89. The molecule has 1 aromatic heterocycles. The number of aryl methyl sites for hydroxylation is 2. The highest BCUT2D eigenvalue weighted by atomic mass is 32.2. The van der Waals surface area contributed by atoms with E-state index in [0.29, 0.717) is 31.1 Å². The van der Waals surface area contributed by atoms with Crippen molar-refractivity contribution in [3.63, 3.8) is 0 Å². The van der Waals surface area contributed by atoms with Gasteiger partial charge in [-0.3, -0.25) is 4.98 Å². The van der Waals surface area contributed by atoms with Gasteiger partial charge in [0.05, 0.1) is 6.26 Å². The molecule has 3 atom stereocenters. The summed E-state index contributed by atoms with van der Waals surface area (Å²) in [7, 11) is -3.04. The fraction of sp³-hybridized carbons (Fsp3) is 0.722. The molecular weight excluding hydrogens is 336 g/mol. The number of piperidine rings is 1. The van der Waals surface area contributed by atoms with Crippen molar-refractivity contribution in [3.8, 4) is 0 Å². The van der Waals surface area contributed by atoms with Crippen LogP contribution in [0.15, 0.2) is 12.1 Å². The number of sulfonamides is 1. The number of hydrogen-bond acceptors (Lipinski definition) is 5. The summed E-state index contributed by atoms with van der Waals surface area (Å²) in [4.78, 5) is 4.26. The highest BCUT2D eigenvalue weighted by Gasteiger charge is 2.24. The maximum Gasteiger partial charge on any atom is 0.208 e. The van der Waals surface area contributed by atoms with Gasteiger partial charge < -0.3 is 11.1 Å². The molecule has 7 heteroatoms. The second-order valence-corrected chi connectivity index (χ2v) is 8.55. The minimum absolute atomic E-state index is 0. The average Bonchev–Trinajstić information content (AvgIpc) is 2.46. The molecule has 3 unspecified atom stereocenters. The van der Waals surface area contributed by atoms with E-state index in [0.717, 1.165) is 29.8 Å². The monoisotopic (exact) mass is 372 g/mol. The molecule has 2 heterocycles. The van der Waals surface area contributed by atoms with Crippen LogP contribution in [0.25, 0.3) is 0 Å².